The highest BCUT2D eigenvalue weighted by molar-refractivity contribution is 6.30. The highest BCUT2D eigenvalue weighted by atomic mass is 35.5. The molecule has 2 rings (SSSR count). The average molecular weight is 292 g/mol. The van der Waals surface area contributed by atoms with Crippen molar-refractivity contribution in [3.63, 3.8) is 0 Å². The second kappa shape index (κ2) is 6.25. The highest BCUT2D eigenvalue weighted by Crippen LogP contribution is 2.18. The van der Waals surface area contributed by atoms with Gasteiger partial charge in [0.15, 0.2) is 5.84 Å². The summed E-state index contributed by atoms with van der Waals surface area (Å²) < 4.78 is 5.62. The number of nitrogens with zero attached hydrogens (tertiary/aromatic N) is 2. The lowest BCUT2D eigenvalue weighted by molar-refractivity contribution is 0.304. The second-order valence-corrected chi connectivity index (χ2v) is 4.69. The van der Waals surface area contributed by atoms with Crippen molar-refractivity contribution in [2.24, 2.45) is 10.9 Å². The number of aryl methyl sites for hydroxylation is 1. The molecular weight excluding hydrogens is 278 g/mol. The van der Waals surface area contributed by atoms with Crippen LogP contribution in [0, 0.1) is 6.92 Å². The van der Waals surface area contributed by atoms with Gasteiger partial charge in [-0.05, 0) is 24.1 Å². The Hall–Kier alpha value is -2.27. The van der Waals surface area contributed by atoms with Crippen LogP contribution in [-0.4, -0.2) is 16.0 Å². The van der Waals surface area contributed by atoms with Gasteiger partial charge in [-0.2, -0.15) is 0 Å². The third-order valence-corrected chi connectivity index (χ3v) is 3.03. The van der Waals surface area contributed by atoms with Crippen LogP contribution < -0.4 is 10.5 Å². The molecule has 0 radical (unpaired) electrons. The number of hydrogen-bond donors (Lipinski definition) is 2. The van der Waals surface area contributed by atoms with Crippen molar-refractivity contribution in [3.05, 3.63) is 58.4 Å². The summed E-state index contributed by atoms with van der Waals surface area (Å²) in [7, 11) is 0. The van der Waals surface area contributed by atoms with Crippen molar-refractivity contribution in [2.45, 2.75) is 13.5 Å². The van der Waals surface area contributed by atoms with Gasteiger partial charge in [-0.15, -0.1) is 0 Å². The van der Waals surface area contributed by atoms with E-state index in [4.69, 9.17) is 27.3 Å². The highest BCUT2D eigenvalue weighted by Gasteiger charge is 2.05. The summed E-state index contributed by atoms with van der Waals surface area (Å²) in [5.74, 6) is 0.692. The summed E-state index contributed by atoms with van der Waals surface area (Å²) in [6, 6.07) is 7.19. The predicted molar refractivity (Wildman–Crippen MR) is 77.3 cm³/mol. The number of halogens is 1. The molecular formula is C14H14ClN3O2. The lowest BCUT2D eigenvalue weighted by Crippen LogP contribution is -2.13. The summed E-state index contributed by atoms with van der Waals surface area (Å²) >= 11 is 5.84. The molecule has 0 saturated heterocycles. The summed E-state index contributed by atoms with van der Waals surface area (Å²) in [6.07, 6.45) is 3.15. The number of ether oxygens (including phenoxy) is 1. The van der Waals surface area contributed by atoms with Crippen LogP contribution in [0.25, 0.3) is 0 Å². The first kappa shape index (κ1) is 14.1. The SMILES string of the molecule is Cc1cc(/C(N)=N/O)ccc1COc1cncc(Cl)c1. The summed E-state index contributed by atoms with van der Waals surface area (Å²) in [5.41, 5.74) is 8.20. The molecule has 1 aromatic carbocycles. The van der Waals surface area contributed by atoms with Gasteiger partial charge in [0.05, 0.1) is 11.2 Å². The molecule has 0 saturated carbocycles. The minimum absolute atomic E-state index is 0.0830. The molecule has 0 fully saturated rings. The van der Waals surface area contributed by atoms with Crippen LogP contribution >= 0.6 is 11.6 Å². The number of nitrogens with two attached hydrogens (primary N) is 1. The van der Waals surface area contributed by atoms with Gasteiger partial charge in [0, 0.05) is 17.8 Å². The van der Waals surface area contributed by atoms with Gasteiger partial charge in [0.25, 0.3) is 0 Å². The van der Waals surface area contributed by atoms with Gasteiger partial charge in [-0.1, -0.05) is 28.9 Å². The Morgan fingerprint density at radius 3 is 2.85 bits per heavy atom. The number of aromatic nitrogens is 1. The molecule has 104 valence electrons. The van der Waals surface area contributed by atoms with E-state index >= 15 is 0 Å². The molecule has 0 unspecified atom stereocenters. The third-order valence-electron chi connectivity index (χ3n) is 2.82. The number of hydrogen-bond acceptors (Lipinski definition) is 4. The zero-order chi connectivity index (χ0) is 14.5. The van der Waals surface area contributed by atoms with Crippen LogP contribution in [0.4, 0.5) is 0 Å². The van der Waals surface area contributed by atoms with Crippen molar-refractivity contribution in [2.75, 3.05) is 0 Å². The Labute approximate surface area is 121 Å². The van der Waals surface area contributed by atoms with E-state index in [1.165, 1.54) is 0 Å². The fourth-order valence-electron chi connectivity index (χ4n) is 1.71. The van der Waals surface area contributed by atoms with Crippen molar-refractivity contribution in [1.29, 1.82) is 0 Å². The Balaban J connectivity index is 2.11. The maximum Gasteiger partial charge on any atom is 0.170 e. The van der Waals surface area contributed by atoms with Crippen LogP contribution in [0.2, 0.25) is 5.02 Å². The first-order valence-corrected chi connectivity index (χ1v) is 6.28. The second-order valence-electron chi connectivity index (χ2n) is 4.25. The van der Waals surface area contributed by atoms with Gasteiger partial charge in [-0.3, -0.25) is 4.98 Å². The van der Waals surface area contributed by atoms with Gasteiger partial charge in [-0.25, -0.2) is 0 Å². The van der Waals surface area contributed by atoms with E-state index in [0.717, 1.165) is 11.1 Å². The van der Waals surface area contributed by atoms with Crippen LogP contribution in [0.5, 0.6) is 5.75 Å². The van der Waals surface area contributed by atoms with E-state index in [2.05, 4.69) is 10.1 Å². The molecule has 1 heterocycles. The summed E-state index contributed by atoms with van der Waals surface area (Å²) in [5, 5.41) is 12.1. The number of amidine groups is 1. The Morgan fingerprint density at radius 1 is 1.40 bits per heavy atom. The topological polar surface area (TPSA) is 80.7 Å². The van der Waals surface area contributed by atoms with Crippen molar-refractivity contribution >= 4 is 17.4 Å². The lowest BCUT2D eigenvalue weighted by atomic mass is 10.1. The molecule has 20 heavy (non-hydrogen) atoms. The fraction of sp³-hybridized carbons (Fsp3) is 0.143. The molecule has 3 N–H and O–H groups in total. The van der Waals surface area contributed by atoms with E-state index in [0.29, 0.717) is 22.9 Å². The summed E-state index contributed by atoms with van der Waals surface area (Å²) in [4.78, 5) is 3.95. The fourth-order valence-corrected chi connectivity index (χ4v) is 1.87. The first-order valence-electron chi connectivity index (χ1n) is 5.91. The molecule has 1 aromatic heterocycles. The van der Waals surface area contributed by atoms with E-state index < -0.39 is 0 Å². The molecule has 6 heteroatoms. The van der Waals surface area contributed by atoms with Crippen LogP contribution in [-0.2, 0) is 6.61 Å². The van der Waals surface area contributed by atoms with Gasteiger partial charge in [0.1, 0.15) is 12.4 Å². The number of oxime groups is 1. The Morgan fingerprint density at radius 2 is 2.20 bits per heavy atom. The van der Waals surface area contributed by atoms with Crippen molar-refractivity contribution < 1.29 is 9.94 Å². The van der Waals surface area contributed by atoms with Crippen LogP contribution in [0.15, 0.2) is 41.8 Å². The van der Waals surface area contributed by atoms with Crippen molar-refractivity contribution in [3.8, 4) is 5.75 Å². The molecule has 0 aliphatic carbocycles. The van der Waals surface area contributed by atoms with Gasteiger partial charge in [0.2, 0.25) is 0 Å². The molecule has 0 amide bonds. The Bertz CT molecular complexity index is 644. The monoisotopic (exact) mass is 291 g/mol. The number of pyridine rings is 1. The van der Waals surface area contributed by atoms with Gasteiger partial charge >= 0.3 is 0 Å². The molecule has 0 spiro atoms. The normalized spacial score (nSPS) is 11.4. The lowest BCUT2D eigenvalue weighted by Gasteiger charge is -2.10. The maximum absolute atomic E-state index is 8.65. The standard InChI is InChI=1S/C14H14ClN3O2/c1-9-4-10(14(16)18-19)2-3-11(9)8-20-13-5-12(15)6-17-7-13/h2-7,19H,8H2,1H3,(H2,16,18). The zero-order valence-corrected chi connectivity index (χ0v) is 11.6. The average Bonchev–Trinajstić information content (AvgIpc) is 2.45. The molecule has 0 bridgehead atoms. The number of rotatable bonds is 4. The van der Waals surface area contributed by atoms with Crippen molar-refractivity contribution in [1.82, 2.24) is 4.98 Å². The third kappa shape index (κ3) is 3.39. The van der Waals surface area contributed by atoms with E-state index in [9.17, 15) is 0 Å². The van der Waals surface area contributed by atoms with Crippen LogP contribution in [0.1, 0.15) is 16.7 Å². The zero-order valence-electron chi connectivity index (χ0n) is 10.9. The minimum atomic E-state index is 0.0830. The molecule has 0 atom stereocenters. The quantitative estimate of drug-likeness (QED) is 0.393. The number of benzene rings is 1. The smallest absolute Gasteiger partial charge is 0.170 e. The van der Waals surface area contributed by atoms with E-state index in [1.54, 1.807) is 24.5 Å². The van der Waals surface area contributed by atoms with Crippen LogP contribution in [0.3, 0.4) is 0 Å². The van der Waals surface area contributed by atoms with E-state index in [1.807, 2.05) is 19.1 Å². The largest absolute Gasteiger partial charge is 0.487 e. The molecule has 5 nitrogen and oxygen atoms in total. The van der Waals surface area contributed by atoms with E-state index in [-0.39, 0.29) is 5.84 Å². The predicted octanol–water partition coefficient (Wildman–Crippen LogP) is 2.72. The molecule has 0 aliphatic heterocycles. The first-order chi connectivity index (χ1) is 9.60. The molecule has 0 aliphatic rings. The molecule has 2 aromatic rings. The van der Waals surface area contributed by atoms with Gasteiger partial charge < -0.3 is 15.7 Å². The Kier molecular flexibility index (Phi) is 4.42. The minimum Gasteiger partial charge on any atom is -0.487 e. The maximum atomic E-state index is 8.65. The summed E-state index contributed by atoms with van der Waals surface area (Å²) in [6.45, 7) is 2.33.